The number of halogens is 2. The lowest BCUT2D eigenvalue weighted by molar-refractivity contribution is -0.142. The molecule has 0 N–H and O–H groups in total. The second-order valence-corrected chi connectivity index (χ2v) is 7.75. The van der Waals surface area contributed by atoms with Gasteiger partial charge in [-0.3, -0.25) is 14.8 Å². The number of benzene rings is 1. The first-order chi connectivity index (χ1) is 14.1. The molecule has 1 aliphatic rings. The molecule has 0 atom stereocenters. The Bertz CT molecular complexity index is 1040. The zero-order valence-corrected chi connectivity index (χ0v) is 18.4. The largest absolute Gasteiger partial charge is 0.466 e. The number of aromatic nitrogens is 2. The molecule has 0 amide bonds. The van der Waals surface area contributed by atoms with E-state index in [4.69, 9.17) is 21.3 Å². The van der Waals surface area contributed by atoms with Gasteiger partial charge in [0.05, 0.1) is 23.7 Å². The first-order valence-corrected chi connectivity index (χ1v) is 10.4. The van der Waals surface area contributed by atoms with Crippen LogP contribution in [0.15, 0.2) is 48.8 Å². The average molecular weight is 443 g/mol. The van der Waals surface area contributed by atoms with Crippen LogP contribution in [0.5, 0.6) is 0 Å². The van der Waals surface area contributed by atoms with Crippen molar-refractivity contribution in [3.05, 3.63) is 81.8 Å². The molecule has 3 aromatic rings. The van der Waals surface area contributed by atoms with Gasteiger partial charge < -0.3 is 4.74 Å². The standard InChI is InChI=1S/C24H23ClN2O2.ClH/c1-2-29-24(28)11-17-8-6-16(7-9-17)10-18-13-23(19-12-20(25)15-26-14-19)27-22-5-3-4-21(18)22;/h6-9,12-15H,2-5,10-11H2,1H3;1H. The highest BCUT2D eigenvalue weighted by molar-refractivity contribution is 6.30. The summed E-state index contributed by atoms with van der Waals surface area (Å²) in [4.78, 5) is 20.8. The number of ether oxygens (including phenoxy) is 1. The van der Waals surface area contributed by atoms with Crippen LogP contribution in [-0.4, -0.2) is 22.5 Å². The molecule has 1 aromatic carbocycles. The molecule has 4 rings (SSSR count). The van der Waals surface area contributed by atoms with E-state index in [1.54, 1.807) is 6.20 Å². The van der Waals surface area contributed by atoms with Gasteiger partial charge in [0, 0.05) is 23.7 Å². The van der Waals surface area contributed by atoms with Gasteiger partial charge >= 0.3 is 5.97 Å². The summed E-state index contributed by atoms with van der Waals surface area (Å²) < 4.78 is 5.03. The van der Waals surface area contributed by atoms with Crippen LogP contribution < -0.4 is 0 Å². The van der Waals surface area contributed by atoms with Crippen molar-refractivity contribution in [2.45, 2.75) is 39.0 Å². The highest BCUT2D eigenvalue weighted by Crippen LogP contribution is 2.30. The van der Waals surface area contributed by atoms with Gasteiger partial charge in [0.15, 0.2) is 0 Å². The minimum Gasteiger partial charge on any atom is -0.466 e. The number of hydrogen-bond acceptors (Lipinski definition) is 4. The molecule has 2 heterocycles. The van der Waals surface area contributed by atoms with Crippen LogP contribution in [0.2, 0.25) is 5.02 Å². The van der Waals surface area contributed by atoms with Crippen molar-refractivity contribution in [3.8, 4) is 11.3 Å². The number of pyridine rings is 2. The molecule has 6 heteroatoms. The van der Waals surface area contributed by atoms with E-state index >= 15 is 0 Å². The number of carbonyl (C=O) groups excluding carboxylic acids is 1. The SMILES string of the molecule is CCOC(=O)Cc1ccc(Cc2cc(-c3cncc(Cl)c3)nc3c2CCC3)cc1.Cl. The fraction of sp³-hybridized carbons (Fsp3) is 0.292. The van der Waals surface area contributed by atoms with E-state index in [9.17, 15) is 4.79 Å². The molecule has 30 heavy (non-hydrogen) atoms. The van der Waals surface area contributed by atoms with Crippen LogP contribution in [-0.2, 0) is 35.2 Å². The first kappa shape index (κ1) is 22.3. The molecule has 0 spiro atoms. The minimum atomic E-state index is -0.188. The predicted octanol–water partition coefficient (Wildman–Crippen LogP) is 5.40. The van der Waals surface area contributed by atoms with Gasteiger partial charge in [-0.2, -0.15) is 0 Å². The molecule has 0 saturated heterocycles. The second-order valence-electron chi connectivity index (χ2n) is 7.31. The van der Waals surface area contributed by atoms with Gasteiger partial charge in [-0.25, -0.2) is 0 Å². The van der Waals surface area contributed by atoms with Crippen LogP contribution in [0.25, 0.3) is 11.3 Å². The third-order valence-corrected chi connectivity index (χ3v) is 5.42. The summed E-state index contributed by atoms with van der Waals surface area (Å²) in [6, 6.07) is 12.3. The Kier molecular flexibility index (Phi) is 7.46. The lowest BCUT2D eigenvalue weighted by atomic mass is 9.97. The van der Waals surface area contributed by atoms with Crippen molar-refractivity contribution in [3.63, 3.8) is 0 Å². The molecule has 156 valence electrons. The van der Waals surface area contributed by atoms with E-state index in [2.05, 4.69) is 23.2 Å². The smallest absolute Gasteiger partial charge is 0.310 e. The van der Waals surface area contributed by atoms with E-state index in [1.165, 1.54) is 22.4 Å². The van der Waals surface area contributed by atoms with E-state index in [1.807, 2.05) is 31.3 Å². The van der Waals surface area contributed by atoms with Crippen molar-refractivity contribution in [2.75, 3.05) is 6.61 Å². The minimum absolute atomic E-state index is 0. The van der Waals surface area contributed by atoms with E-state index < -0.39 is 0 Å². The van der Waals surface area contributed by atoms with Crippen LogP contribution in [0.1, 0.15) is 41.3 Å². The summed E-state index contributed by atoms with van der Waals surface area (Å²) in [5.41, 5.74) is 7.93. The van der Waals surface area contributed by atoms with Gasteiger partial charge in [0.1, 0.15) is 0 Å². The van der Waals surface area contributed by atoms with Crippen molar-refractivity contribution in [2.24, 2.45) is 0 Å². The van der Waals surface area contributed by atoms with Gasteiger partial charge in [-0.15, -0.1) is 12.4 Å². The molecular formula is C24H24Cl2N2O2. The zero-order valence-electron chi connectivity index (χ0n) is 16.9. The summed E-state index contributed by atoms with van der Waals surface area (Å²) in [7, 11) is 0. The third-order valence-electron chi connectivity index (χ3n) is 5.21. The predicted molar refractivity (Wildman–Crippen MR) is 121 cm³/mol. The van der Waals surface area contributed by atoms with E-state index in [0.29, 0.717) is 18.1 Å². The number of carbonyl (C=O) groups is 1. The number of nitrogens with zero attached hydrogens (tertiary/aromatic N) is 2. The topological polar surface area (TPSA) is 52.1 Å². The number of rotatable bonds is 6. The molecule has 0 aliphatic heterocycles. The fourth-order valence-corrected chi connectivity index (χ4v) is 4.03. The van der Waals surface area contributed by atoms with E-state index in [-0.39, 0.29) is 18.4 Å². The van der Waals surface area contributed by atoms with Crippen molar-refractivity contribution in [1.82, 2.24) is 9.97 Å². The average Bonchev–Trinajstić information content (AvgIpc) is 3.19. The Morgan fingerprint density at radius 2 is 1.87 bits per heavy atom. The van der Waals surface area contributed by atoms with Crippen LogP contribution in [0, 0.1) is 0 Å². The Hall–Kier alpha value is -2.43. The molecule has 0 bridgehead atoms. The Balaban J connectivity index is 0.00000256. The molecule has 4 nitrogen and oxygen atoms in total. The molecule has 0 unspecified atom stereocenters. The molecule has 0 fully saturated rings. The summed E-state index contributed by atoms with van der Waals surface area (Å²) in [6.07, 6.45) is 7.83. The quantitative estimate of drug-likeness (QED) is 0.479. The summed E-state index contributed by atoms with van der Waals surface area (Å²) in [5.74, 6) is -0.188. The lowest BCUT2D eigenvalue weighted by Crippen LogP contribution is -2.07. The molecule has 1 aliphatic carbocycles. The number of esters is 1. The number of hydrogen-bond donors (Lipinski definition) is 0. The third kappa shape index (κ3) is 5.18. The van der Waals surface area contributed by atoms with Gasteiger partial charge in [-0.1, -0.05) is 35.9 Å². The highest BCUT2D eigenvalue weighted by Gasteiger charge is 2.19. The first-order valence-electron chi connectivity index (χ1n) is 9.98. The van der Waals surface area contributed by atoms with Crippen LogP contribution >= 0.6 is 24.0 Å². The molecule has 0 saturated carbocycles. The fourth-order valence-electron chi connectivity index (χ4n) is 3.86. The van der Waals surface area contributed by atoms with E-state index in [0.717, 1.165) is 42.5 Å². The van der Waals surface area contributed by atoms with Gasteiger partial charge in [0.2, 0.25) is 0 Å². The van der Waals surface area contributed by atoms with Crippen molar-refractivity contribution in [1.29, 1.82) is 0 Å². The molecular weight excluding hydrogens is 419 g/mol. The van der Waals surface area contributed by atoms with Crippen molar-refractivity contribution >= 4 is 30.0 Å². The van der Waals surface area contributed by atoms with Crippen LogP contribution in [0.3, 0.4) is 0 Å². The summed E-state index contributed by atoms with van der Waals surface area (Å²) in [5, 5.41) is 0.614. The maximum atomic E-state index is 11.7. The summed E-state index contributed by atoms with van der Waals surface area (Å²) in [6.45, 7) is 2.23. The zero-order chi connectivity index (χ0) is 20.2. The maximum Gasteiger partial charge on any atom is 0.310 e. The normalized spacial score (nSPS) is 12.2. The maximum absolute atomic E-state index is 11.7. The Morgan fingerprint density at radius 3 is 2.60 bits per heavy atom. The second kappa shape index (κ2) is 10.1. The lowest BCUT2D eigenvalue weighted by Gasteiger charge is -2.12. The Labute approximate surface area is 188 Å². The number of fused-ring (bicyclic) bond motifs is 1. The molecule has 0 radical (unpaired) electrons. The monoisotopic (exact) mass is 442 g/mol. The van der Waals surface area contributed by atoms with Crippen LogP contribution in [0.4, 0.5) is 0 Å². The number of aryl methyl sites for hydroxylation is 1. The highest BCUT2D eigenvalue weighted by atomic mass is 35.5. The van der Waals surface area contributed by atoms with Gasteiger partial charge in [0.25, 0.3) is 0 Å². The van der Waals surface area contributed by atoms with Crippen molar-refractivity contribution < 1.29 is 9.53 Å². The van der Waals surface area contributed by atoms with Gasteiger partial charge in [-0.05, 0) is 67.0 Å². The Morgan fingerprint density at radius 1 is 1.10 bits per heavy atom. The molecule has 2 aromatic heterocycles. The summed E-state index contributed by atoms with van der Waals surface area (Å²) >= 11 is 6.13.